The summed E-state index contributed by atoms with van der Waals surface area (Å²) in [5.74, 6) is -1.02. The Balaban J connectivity index is 3.81. The minimum atomic E-state index is -4.01. The fourth-order valence-electron chi connectivity index (χ4n) is 0.497. The number of esters is 1. The van der Waals surface area contributed by atoms with E-state index in [1.165, 1.54) is 6.92 Å². The number of hydrogen-bond donors (Lipinski definition) is 1. The van der Waals surface area contributed by atoms with Crippen LogP contribution in [-0.2, 0) is 19.6 Å². The average Bonchev–Trinajstić information content (AvgIpc) is 1.80. The lowest BCUT2D eigenvalue weighted by molar-refractivity contribution is -0.136. The molecule has 6 heteroatoms. The molecule has 0 aromatic rings. The van der Waals surface area contributed by atoms with Gasteiger partial charge in [-0.3, -0.25) is 9.35 Å². The van der Waals surface area contributed by atoms with Crippen molar-refractivity contribution in [3.05, 3.63) is 12.3 Å². The third kappa shape index (κ3) is 7.23. The van der Waals surface area contributed by atoms with E-state index in [0.29, 0.717) is 0 Å². The zero-order chi connectivity index (χ0) is 9.78. The Kier molecular flexibility index (Phi) is 3.91. The van der Waals surface area contributed by atoms with Gasteiger partial charge in [0.25, 0.3) is 10.1 Å². The summed E-state index contributed by atoms with van der Waals surface area (Å²) in [4.78, 5) is 10.3. The van der Waals surface area contributed by atoms with Crippen LogP contribution in [0.5, 0.6) is 0 Å². The van der Waals surface area contributed by atoms with Crippen molar-refractivity contribution >= 4 is 16.1 Å². The first kappa shape index (κ1) is 11.1. The van der Waals surface area contributed by atoms with E-state index in [2.05, 4.69) is 11.3 Å². The molecule has 0 saturated heterocycles. The van der Waals surface area contributed by atoms with E-state index < -0.39 is 21.8 Å². The van der Waals surface area contributed by atoms with Crippen LogP contribution >= 0.6 is 0 Å². The third-order valence-electron chi connectivity index (χ3n) is 0.927. The molecule has 0 heterocycles. The van der Waals surface area contributed by atoms with Gasteiger partial charge in [0, 0.05) is 13.3 Å². The van der Waals surface area contributed by atoms with Crippen molar-refractivity contribution in [2.24, 2.45) is 0 Å². The number of carbonyl (C=O) groups is 1. The minimum absolute atomic E-state index is 0.0279. The highest BCUT2D eigenvalue weighted by molar-refractivity contribution is 7.85. The molecular formula is C6H10O5S. The monoisotopic (exact) mass is 194 g/mol. The zero-order valence-electron chi connectivity index (χ0n) is 6.61. The van der Waals surface area contributed by atoms with Crippen LogP contribution in [0.3, 0.4) is 0 Å². The predicted molar refractivity (Wildman–Crippen MR) is 41.9 cm³/mol. The molecule has 0 aromatic heterocycles. The van der Waals surface area contributed by atoms with Crippen LogP contribution in [-0.4, -0.2) is 24.7 Å². The van der Waals surface area contributed by atoms with Crippen LogP contribution in [0, 0.1) is 0 Å². The molecule has 0 fully saturated rings. The lowest BCUT2D eigenvalue weighted by Crippen LogP contribution is -2.07. The van der Waals surface area contributed by atoms with Gasteiger partial charge in [-0.25, -0.2) is 0 Å². The first-order valence-corrected chi connectivity index (χ1v) is 4.73. The Morgan fingerprint density at radius 2 is 2.08 bits per heavy atom. The Bertz CT molecular complexity index is 276. The van der Waals surface area contributed by atoms with Crippen molar-refractivity contribution in [1.29, 1.82) is 0 Å². The normalized spacial score (nSPS) is 10.8. The van der Waals surface area contributed by atoms with Crippen molar-refractivity contribution in [2.45, 2.75) is 13.3 Å². The fourth-order valence-corrected chi connectivity index (χ4v) is 0.983. The van der Waals surface area contributed by atoms with Crippen LogP contribution in [0.15, 0.2) is 12.3 Å². The number of rotatable bonds is 4. The molecule has 0 amide bonds. The van der Waals surface area contributed by atoms with E-state index in [1.807, 2.05) is 0 Å². The SMILES string of the molecule is C=C(CCS(=O)(=O)O)OC(C)=O. The zero-order valence-corrected chi connectivity index (χ0v) is 7.43. The molecule has 0 spiro atoms. The summed E-state index contributed by atoms with van der Waals surface area (Å²) in [6, 6.07) is 0. The molecule has 12 heavy (non-hydrogen) atoms. The smallest absolute Gasteiger partial charge is 0.307 e. The largest absolute Gasteiger partial charge is 0.432 e. The first-order valence-electron chi connectivity index (χ1n) is 3.12. The highest BCUT2D eigenvalue weighted by atomic mass is 32.2. The second-order valence-electron chi connectivity index (χ2n) is 2.17. The van der Waals surface area contributed by atoms with E-state index in [-0.39, 0.29) is 12.2 Å². The first-order chi connectivity index (χ1) is 5.31. The number of hydrogen-bond acceptors (Lipinski definition) is 4. The molecule has 0 bridgehead atoms. The van der Waals surface area contributed by atoms with Crippen molar-refractivity contribution in [3.63, 3.8) is 0 Å². The van der Waals surface area contributed by atoms with Gasteiger partial charge in [0.2, 0.25) is 0 Å². The number of allylic oxidation sites excluding steroid dienone is 1. The molecule has 0 aliphatic carbocycles. The quantitative estimate of drug-likeness (QED) is 0.396. The summed E-state index contributed by atoms with van der Waals surface area (Å²) in [6.45, 7) is 4.46. The molecular weight excluding hydrogens is 184 g/mol. The molecule has 0 radical (unpaired) electrons. The van der Waals surface area contributed by atoms with Gasteiger partial charge in [-0.1, -0.05) is 6.58 Å². The van der Waals surface area contributed by atoms with Crippen molar-refractivity contribution in [1.82, 2.24) is 0 Å². The molecule has 70 valence electrons. The van der Waals surface area contributed by atoms with E-state index in [0.717, 1.165) is 0 Å². The summed E-state index contributed by atoms with van der Waals surface area (Å²) < 4.78 is 33.1. The number of ether oxygens (including phenoxy) is 1. The highest BCUT2D eigenvalue weighted by Gasteiger charge is 2.07. The molecule has 0 saturated carbocycles. The van der Waals surface area contributed by atoms with Gasteiger partial charge < -0.3 is 4.74 Å². The molecule has 0 aliphatic rings. The minimum Gasteiger partial charge on any atom is -0.432 e. The maximum Gasteiger partial charge on any atom is 0.307 e. The molecule has 5 nitrogen and oxygen atoms in total. The van der Waals surface area contributed by atoms with Crippen LogP contribution in [0.4, 0.5) is 0 Å². The van der Waals surface area contributed by atoms with Crippen molar-refractivity contribution < 1.29 is 22.5 Å². The number of carbonyl (C=O) groups excluding carboxylic acids is 1. The van der Waals surface area contributed by atoms with E-state index >= 15 is 0 Å². The van der Waals surface area contributed by atoms with E-state index in [4.69, 9.17) is 4.55 Å². The lowest BCUT2D eigenvalue weighted by Gasteiger charge is -2.02. The Labute approximate surface area is 70.8 Å². The predicted octanol–water partition coefficient (Wildman–Crippen LogP) is 0.341. The van der Waals surface area contributed by atoms with Gasteiger partial charge in [0.05, 0.1) is 5.75 Å². The van der Waals surface area contributed by atoms with Crippen LogP contribution in [0.1, 0.15) is 13.3 Å². The third-order valence-corrected chi connectivity index (χ3v) is 1.65. The maximum absolute atomic E-state index is 10.3. The van der Waals surface area contributed by atoms with Gasteiger partial charge in [-0.2, -0.15) is 8.42 Å². The summed E-state index contributed by atoms with van der Waals surface area (Å²) in [5, 5.41) is 0. The molecule has 0 rings (SSSR count). The lowest BCUT2D eigenvalue weighted by atomic mass is 10.4. The van der Waals surface area contributed by atoms with Gasteiger partial charge in [0.15, 0.2) is 0 Å². The molecule has 1 N–H and O–H groups in total. The molecule has 0 aromatic carbocycles. The van der Waals surface area contributed by atoms with E-state index in [9.17, 15) is 13.2 Å². The molecule has 0 atom stereocenters. The summed E-state index contributed by atoms with van der Waals surface area (Å²) in [7, 11) is -4.01. The summed E-state index contributed by atoms with van der Waals surface area (Å²) >= 11 is 0. The van der Waals surface area contributed by atoms with Crippen molar-refractivity contribution in [3.8, 4) is 0 Å². The topological polar surface area (TPSA) is 80.7 Å². The van der Waals surface area contributed by atoms with Crippen LogP contribution in [0.2, 0.25) is 0 Å². The molecule has 0 aliphatic heterocycles. The van der Waals surface area contributed by atoms with E-state index in [1.54, 1.807) is 0 Å². The van der Waals surface area contributed by atoms with Gasteiger partial charge >= 0.3 is 5.97 Å². The Morgan fingerprint density at radius 1 is 1.58 bits per heavy atom. The van der Waals surface area contributed by atoms with Crippen LogP contribution < -0.4 is 0 Å². The van der Waals surface area contributed by atoms with Gasteiger partial charge in [-0.15, -0.1) is 0 Å². The Morgan fingerprint density at radius 3 is 2.42 bits per heavy atom. The maximum atomic E-state index is 10.3. The molecule has 0 unspecified atom stereocenters. The van der Waals surface area contributed by atoms with Gasteiger partial charge in [-0.05, 0) is 0 Å². The standard InChI is InChI=1S/C6H10O5S/c1-5(11-6(2)7)3-4-12(8,9)10/h1,3-4H2,2H3,(H,8,9,10). The average molecular weight is 194 g/mol. The Hall–Kier alpha value is -0.880. The van der Waals surface area contributed by atoms with Crippen molar-refractivity contribution in [2.75, 3.05) is 5.75 Å². The fraction of sp³-hybridized carbons (Fsp3) is 0.500. The van der Waals surface area contributed by atoms with Gasteiger partial charge in [0.1, 0.15) is 5.76 Å². The second-order valence-corrected chi connectivity index (χ2v) is 3.74. The highest BCUT2D eigenvalue weighted by Crippen LogP contribution is 2.02. The van der Waals surface area contributed by atoms with Crippen LogP contribution in [0.25, 0.3) is 0 Å². The summed E-state index contributed by atoms with van der Waals surface area (Å²) in [6.07, 6.45) is -0.0849. The second kappa shape index (κ2) is 4.22. The summed E-state index contributed by atoms with van der Waals surface area (Å²) in [5.41, 5.74) is 0.